The largest absolute Gasteiger partial charge is 0.496 e. The van der Waals surface area contributed by atoms with E-state index in [4.69, 9.17) is 10.5 Å². The summed E-state index contributed by atoms with van der Waals surface area (Å²) < 4.78 is 5.37. The lowest BCUT2D eigenvalue weighted by Gasteiger charge is -2.14. The van der Waals surface area contributed by atoms with Gasteiger partial charge in [0, 0.05) is 10.9 Å². The maximum Gasteiger partial charge on any atom is 0.122 e. The highest BCUT2D eigenvalue weighted by Crippen LogP contribution is 2.28. The molecule has 2 N–H and O–H groups in total. The van der Waals surface area contributed by atoms with Gasteiger partial charge in [-0.3, -0.25) is 0 Å². The Morgan fingerprint density at radius 2 is 2.00 bits per heavy atom. The molecule has 2 nitrogen and oxygen atoms in total. The minimum absolute atomic E-state index is 0.0521. The number of methoxy groups -OCH3 is 1. The van der Waals surface area contributed by atoms with Crippen LogP contribution in [0.3, 0.4) is 0 Å². The Bertz CT molecular complexity index is 507. The molecule has 3 heteroatoms. The highest BCUT2D eigenvalue weighted by Gasteiger charge is 2.14. The van der Waals surface area contributed by atoms with Gasteiger partial charge in [-0.05, 0) is 41.5 Å². The molecule has 0 aliphatic heterocycles. The highest BCUT2D eigenvalue weighted by atomic mass is 32.1. The molecule has 1 atom stereocenters. The number of rotatable bonds is 5. The SMILES string of the molecule is CCc1ccsc1C(N)Cc1ccccc1OC. The molecule has 0 aliphatic rings. The van der Waals surface area contributed by atoms with E-state index in [1.807, 2.05) is 18.2 Å². The van der Waals surface area contributed by atoms with Crippen molar-refractivity contribution in [2.24, 2.45) is 5.73 Å². The first-order valence-corrected chi connectivity index (χ1v) is 7.08. The number of hydrogen-bond donors (Lipinski definition) is 1. The zero-order valence-corrected chi connectivity index (χ0v) is 11.7. The van der Waals surface area contributed by atoms with Crippen molar-refractivity contribution in [1.29, 1.82) is 0 Å². The standard InChI is InChI=1S/C15H19NOS/c1-3-11-8-9-18-15(11)13(16)10-12-6-4-5-7-14(12)17-2/h4-9,13H,3,10,16H2,1-2H3. The van der Waals surface area contributed by atoms with Crippen LogP contribution in [-0.2, 0) is 12.8 Å². The van der Waals surface area contributed by atoms with Gasteiger partial charge in [0.15, 0.2) is 0 Å². The monoisotopic (exact) mass is 261 g/mol. The van der Waals surface area contributed by atoms with Crippen molar-refractivity contribution in [1.82, 2.24) is 0 Å². The summed E-state index contributed by atoms with van der Waals surface area (Å²) in [5.74, 6) is 0.919. The van der Waals surface area contributed by atoms with Crippen molar-refractivity contribution in [3.63, 3.8) is 0 Å². The third kappa shape index (κ3) is 2.74. The summed E-state index contributed by atoms with van der Waals surface area (Å²) in [5, 5.41) is 2.12. The van der Waals surface area contributed by atoms with Gasteiger partial charge in [0.2, 0.25) is 0 Å². The molecule has 2 aromatic rings. The van der Waals surface area contributed by atoms with Crippen molar-refractivity contribution in [2.75, 3.05) is 7.11 Å². The van der Waals surface area contributed by atoms with Crippen LogP contribution >= 0.6 is 11.3 Å². The molecule has 0 aliphatic carbocycles. The number of hydrogen-bond acceptors (Lipinski definition) is 3. The van der Waals surface area contributed by atoms with E-state index in [0.717, 1.165) is 18.6 Å². The predicted octanol–water partition coefficient (Wildman–Crippen LogP) is 3.56. The Labute approximate surface area is 112 Å². The van der Waals surface area contributed by atoms with E-state index in [1.165, 1.54) is 16.0 Å². The first kappa shape index (κ1) is 13.1. The van der Waals surface area contributed by atoms with E-state index < -0.39 is 0 Å². The van der Waals surface area contributed by atoms with Gasteiger partial charge in [0.05, 0.1) is 7.11 Å². The molecule has 0 spiro atoms. The zero-order chi connectivity index (χ0) is 13.0. The smallest absolute Gasteiger partial charge is 0.122 e. The normalized spacial score (nSPS) is 12.4. The van der Waals surface area contributed by atoms with Gasteiger partial charge in [-0.2, -0.15) is 0 Å². The first-order chi connectivity index (χ1) is 8.76. The van der Waals surface area contributed by atoms with Crippen LogP contribution in [0.25, 0.3) is 0 Å². The fraction of sp³-hybridized carbons (Fsp3) is 0.333. The van der Waals surface area contributed by atoms with Crippen LogP contribution in [0.5, 0.6) is 5.75 Å². The van der Waals surface area contributed by atoms with Crippen molar-refractivity contribution in [3.05, 3.63) is 51.7 Å². The third-order valence-electron chi connectivity index (χ3n) is 3.13. The van der Waals surface area contributed by atoms with Crippen LogP contribution in [0.15, 0.2) is 35.7 Å². The van der Waals surface area contributed by atoms with Crippen LogP contribution in [0.1, 0.15) is 29.0 Å². The maximum absolute atomic E-state index is 6.33. The summed E-state index contributed by atoms with van der Waals surface area (Å²) in [4.78, 5) is 1.29. The topological polar surface area (TPSA) is 35.2 Å². The van der Waals surface area contributed by atoms with Crippen molar-refractivity contribution in [3.8, 4) is 5.75 Å². The minimum Gasteiger partial charge on any atom is -0.496 e. The number of nitrogens with two attached hydrogens (primary N) is 1. The zero-order valence-electron chi connectivity index (χ0n) is 10.8. The maximum atomic E-state index is 6.33. The molecule has 18 heavy (non-hydrogen) atoms. The summed E-state index contributed by atoms with van der Waals surface area (Å²) in [6, 6.07) is 10.3. The Balaban J connectivity index is 2.18. The van der Waals surface area contributed by atoms with Crippen LogP contribution < -0.4 is 10.5 Å². The van der Waals surface area contributed by atoms with Gasteiger partial charge in [-0.1, -0.05) is 25.1 Å². The highest BCUT2D eigenvalue weighted by molar-refractivity contribution is 7.10. The fourth-order valence-corrected chi connectivity index (χ4v) is 3.17. The summed E-state index contributed by atoms with van der Waals surface area (Å²) in [6.07, 6.45) is 1.86. The Morgan fingerprint density at radius 3 is 2.72 bits per heavy atom. The fourth-order valence-electron chi connectivity index (χ4n) is 2.17. The lowest BCUT2D eigenvalue weighted by molar-refractivity contribution is 0.408. The van der Waals surface area contributed by atoms with Gasteiger partial charge in [-0.15, -0.1) is 11.3 Å². The second-order valence-electron chi connectivity index (χ2n) is 4.29. The quantitative estimate of drug-likeness (QED) is 0.893. The minimum atomic E-state index is 0.0521. The number of para-hydroxylation sites is 1. The molecule has 1 unspecified atom stereocenters. The Kier molecular flexibility index (Phi) is 4.39. The Hall–Kier alpha value is -1.32. The summed E-state index contributed by atoms with van der Waals surface area (Å²) in [5.41, 5.74) is 8.86. The lowest BCUT2D eigenvalue weighted by Crippen LogP contribution is -2.14. The van der Waals surface area contributed by atoms with Gasteiger partial charge in [-0.25, -0.2) is 0 Å². The van der Waals surface area contributed by atoms with E-state index in [0.29, 0.717) is 0 Å². The van der Waals surface area contributed by atoms with E-state index in [1.54, 1.807) is 18.4 Å². The summed E-state index contributed by atoms with van der Waals surface area (Å²) in [7, 11) is 1.70. The Morgan fingerprint density at radius 1 is 1.22 bits per heavy atom. The van der Waals surface area contributed by atoms with Crippen LogP contribution in [0.2, 0.25) is 0 Å². The van der Waals surface area contributed by atoms with Crippen molar-refractivity contribution < 1.29 is 4.74 Å². The molecule has 0 radical (unpaired) electrons. The van der Waals surface area contributed by atoms with Crippen LogP contribution in [0.4, 0.5) is 0 Å². The van der Waals surface area contributed by atoms with Gasteiger partial charge >= 0.3 is 0 Å². The average molecular weight is 261 g/mol. The molecule has 0 fully saturated rings. The van der Waals surface area contributed by atoms with E-state index in [9.17, 15) is 0 Å². The molecular formula is C15H19NOS. The number of ether oxygens (including phenoxy) is 1. The molecule has 1 aromatic heterocycles. The number of aryl methyl sites for hydroxylation is 1. The molecule has 2 rings (SSSR count). The third-order valence-corrected chi connectivity index (χ3v) is 4.22. The van der Waals surface area contributed by atoms with Gasteiger partial charge < -0.3 is 10.5 Å². The average Bonchev–Trinajstić information content (AvgIpc) is 2.87. The van der Waals surface area contributed by atoms with Crippen LogP contribution in [-0.4, -0.2) is 7.11 Å². The van der Waals surface area contributed by atoms with Crippen molar-refractivity contribution >= 4 is 11.3 Å². The molecule has 0 saturated heterocycles. The second kappa shape index (κ2) is 6.03. The molecule has 0 saturated carbocycles. The number of benzene rings is 1. The molecule has 96 valence electrons. The van der Waals surface area contributed by atoms with Crippen LogP contribution in [0, 0.1) is 0 Å². The lowest BCUT2D eigenvalue weighted by atomic mass is 10.0. The van der Waals surface area contributed by atoms with E-state index >= 15 is 0 Å². The molecular weight excluding hydrogens is 242 g/mol. The van der Waals surface area contributed by atoms with E-state index in [-0.39, 0.29) is 6.04 Å². The second-order valence-corrected chi connectivity index (χ2v) is 5.23. The molecule has 0 amide bonds. The summed E-state index contributed by atoms with van der Waals surface area (Å²) >= 11 is 1.75. The van der Waals surface area contributed by atoms with Gasteiger partial charge in [0.1, 0.15) is 5.75 Å². The number of thiophene rings is 1. The molecule has 0 bridgehead atoms. The van der Waals surface area contributed by atoms with Crippen molar-refractivity contribution in [2.45, 2.75) is 25.8 Å². The molecule has 1 heterocycles. The predicted molar refractivity (Wildman–Crippen MR) is 77.3 cm³/mol. The summed E-state index contributed by atoms with van der Waals surface area (Å²) in [6.45, 7) is 2.17. The van der Waals surface area contributed by atoms with Gasteiger partial charge in [0.25, 0.3) is 0 Å². The molecule has 1 aromatic carbocycles. The van der Waals surface area contributed by atoms with E-state index in [2.05, 4.69) is 24.4 Å². The first-order valence-electron chi connectivity index (χ1n) is 6.20.